The number of nitrogens with zero attached hydrogens (tertiary/aromatic N) is 4. The van der Waals surface area contributed by atoms with Crippen molar-refractivity contribution in [2.24, 2.45) is 5.16 Å². The number of rotatable bonds is 6. The van der Waals surface area contributed by atoms with Gasteiger partial charge in [0, 0.05) is 13.3 Å². The van der Waals surface area contributed by atoms with Crippen molar-refractivity contribution in [2.45, 2.75) is 13.3 Å². The first-order valence-electron chi connectivity index (χ1n) is 5.32. The van der Waals surface area contributed by atoms with Crippen molar-refractivity contribution in [1.29, 1.82) is 0 Å². The zero-order chi connectivity index (χ0) is 15.1. The van der Waals surface area contributed by atoms with E-state index in [1.807, 2.05) is 0 Å². The van der Waals surface area contributed by atoms with Crippen LogP contribution in [-0.2, 0) is 16.1 Å². The van der Waals surface area contributed by atoms with Crippen LogP contribution in [0.5, 0.6) is 11.9 Å². The molecule has 0 bridgehead atoms. The largest absolute Gasteiger partial charge is 0.476 e. The van der Waals surface area contributed by atoms with Gasteiger partial charge in [-0.15, -0.1) is 0 Å². The first-order chi connectivity index (χ1) is 9.49. The van der Waals surface area contributed by atoms with Crippen molar-refractivity contribution in [3.8, 4) is 11.9 Å². The molecule has 1 aromatic rings. The Hall–Kier alpha value is -2.78. The number of oxime groups is 1. The molecule has 0 aliphatic carbocycles. The molecule has 1 rings (SSSR count). The molecule has 10 heteroatoms. The highest BCUT2D eigenvalue weighted by Gasteiger charge is 2.25. The number of ether oxygens (including phenoxy) is 2. The Bertz CT molecular complexity index is 545. The van der Waals surface area contributed by atoms with Crippen molar-refractivity contribution < 1.29 is 24.0 Å². The zero-order valence-corrected chi connectivity index (χ0v) is 11.0. The van der Waals surface area contributed by atoms with Gasteiger partial charge in [0.2, 0.25) is 0 Å². The standard InChI is InChI=1S/C10H12N4O6/c1-6(15)20-11-5-4-7-8(14(16)17)9(18-2)13-10(12-7)19-3/h5H,4H2,1-3H3/b11-5-. The van der Waals surface area contributed by atoms with E-state index in [0.717, 1.165) is 6.21 Å². The monoisotopic (exact) mass is 284 g/mol. The first-order valence-corrected chi connectivity index (χ1v) is 5.32. The smallest absolute Gasteiger partial charge is 0.352 e. The Labute approximate surface area is 113 Å². The van der Waals surface area contributed by atoms with E-state index in [2.05, 4.69) is 20.0 Å². The van der Waals surface area contributed by atoms with Crippen molar-refractivity contribution in [3.63, 3.8) is 0 Å². The molecular weight excluding hydrogens is 272 g/mol. The number of hydrogen-bond acceptors (Lipinski definition) is 9. The Balaban J connectivity index is 3.11. The number of methoxy groups -OCH3 is 2. The molecule has 0 aromatic carbocycles. The third kappa shape index (κ3) is 3.86. The van der Waals surface area contributed by atoms with Crippen LogP contribution in [-0.4, -0.2) is 41.3 Å². The second kappa shape index (κ2) is 6.97. The Kier molecular flexibility index (Phi) is 5.32. The predicted octanol–water partition coefficient (Wildman–Crippen LogP) is 0.493. The lowest BCUT2D eigenvalue weighted by molar-refractivity contribution is -0.387. The van der Waals surface area contributed by atoms with Crippen LogP contribution in [0.1, 0.15) is 12.6 Å². The van der Waals surface area contributed by atoms with Gasteiger partial charge in [0.25, 0.3) is 0 Å². The highest BCUT2D eigenvalue weighted by molar-refractivity contribution is 5.68. The van der Waals surface area contributed by atoms with Crippen LogP contribution in [0.3, 0.4) is 0 Å². The highest BCUT2D eigenvalue weighted by Crippen LogP contribution is 2.29. The maximum absolute atomic E-state index is 11.0. The van der Waals surface area contributed by atoms with Gasteiger partial charge >= 0.3 is 23.5 Å². The fraction of sp³-hybridized carbons (Fsp3) is 0.400. The average molecular weight is 284 g/mol. The molecule has 1 heterocycles. The molecule has 20 heavy (non-hydrogen) atoms. The molecule has 0 saturated carbocycles. The fourth-order valence-corrected chi connectivity index (χ4v) is 1.25. The van der Waals surface area contributed by atoms with E-state index in [0.29, 0.717) is 0 Å². The van der Waals surface area contributed by atoms with Crippen molar-refractivity contribution in [2.75, 3.05) is 14.2 Å². The van der Waals surface area contributed by atoms with Crippen molar-refractivity contribution in [3.05, 3.63) is 15.8 Å². The van der Waals surface area contributed by atoms with Gasteiger partial charge in [-0.1, -0.05) is 5.16 Å². The third-order valence-corrected chi connectivity index (χ3v) is 2.00. The maximum Gasteiger partial charge on any atom is 0.352 e. The fourth-order valence-electron chi connectivity index (χ4n) is 1.25. The molecule has 0 aliphatic heterocycles. The van der Waals surface area contributed by atoms with Crippen LogP contribution in [0.2, 0.25) is 0 Å². The summed E-state index contributed by atoms with van der Waals surface area (Å²) in [4.78, 5) is 32.8. The van der Waals surface area contributed by atoms with E-state index in [4.69, 9.17) is 9.47 Å². The minimum absolute atomic E-state index is 0.0228. The van der Waals surface area contributed by atoms with E-state index >= 15 is 0 Å². The molecule has 0 atom stereocenters. The summed E-state index contributed by atoms with van der Waals surface area (Å²) in [7, 11) is 2.56. The summed E-state index contributed by atoms with van der Waals surface area (Å²) in [6, 6.07) is -0.0802. The number of aromatic nitrogens is 2. The van der Waals surface area contributed by atoms with Crippen molar-refractivity contribution >= 4 is 17.9 Å². The Morgan fingerprint density at radius 3 is 2.60 bits per heavy atom. The molecule has 0 aliphatic rings. The molecule has 0 amide bonds. The van der Waals surface area contributed by atoms with Gasteiger partial charge in [-0.2, -0.15) is 9.97 Å². The molecule has 0 spiro atoms. The quantitative estimate of drug-likeness (QED) is 0.320. The molecule has 0 radical (unpaired) electrons. The minimum atomic E-state index is -0.673. The van der Waals surface area contributed by atoms with Gasteiger partial charge in [0.15, 0.2) is 0 Å². The zero-order valence-electron chi connectivity index (χ0n) is 11.0. The molecule has 108 valence electrons. The van der Waals surface area contributed by atoms with Crippen LogP contribution in [0.4, 0.5) is 5.69 Å². The molecule has 0 unspecified atom stereocenters. The summed E-state index contributed by atoms with van der Waals surface area (Å²) in [6.07, 6.45) is 1.11. The Morgan fingerprint density at radius 1 is 1.40 bits per heavy atom. The lowest BCUT2D eigenvalue weighted by Crippen LogP contribution is -2.07. The summed E-state index contributed by atoms with van der Waals surface area (Å²) in [5.41, 5.74) is -0.378. The average Bonchev–Trinajstić information content (AvgIpc) is 2.41. The molecule has 0 N–H and O–H groups in total. The second-order valence-corrected chi connectivity index (χ2v) is 3.35. The van der Waals surface area contributed by atoms with E-state index in [1.54, 1.807) is 0 Å². The van der Waals surface area contributed by atoms with Crippen LogP contribution in [0.25, 0.3) is 0 Å². The lowest BCUT2D eigenvalue weighted by atomic mass is 10.2. The second-order valence-electron chi connectivity index (χ2n) is 3.35. The molecule has 1 aromatic heterocycles. The van der Waals surface area contributed by atoms with Gasteiger partial charge in [-0.05, 0) is 0 Å². The highest BCUT2D eigenvalue weighted by atomic mass is 16.7. The third-order valence-electron chi connectivity index (χ3n) is 2.00. The van der Waals surface area contributed by atoms with Crippen molar-refractivity contribution in [1.82, 2.24) is 9.97 Å². The maximum atomic E-state index is 11.0. The first kappa shape index (κ1) is 15.3. The van der Waals surface area contributed by atoms with E-state index < -0.39 is 16.6 Å². The number of nitro groups is 1. The number of carbonyl (C=O) groups excluding carboxylic acids is 1. The van der Waals surface area contributed by atoms with Gasteiger partial charge < -0.3 is 14.3 Å². The molecular formula is C10H12N4O6. The summed E-state index contributed by atoms with van der Waals surface area (Å²) in [6.45, 7) is 1.18. The summed E-state index contributed by atoms with van der Waals surface area (Å²) >= 11 is 0. The topological polar surface area (TPSA) is 126 Å². The van der Waals surface area contributed by atoms with Gasteiger partial charge in [-0.3, -0.25) is 10.1 Å². The lowest BCUT2D eigenvalue weighted by Gasteiger charge is -2.06. The normalized spacial score (nSPS) is 10.3. The molecule has 0 saturated heterocycles. The van der Waals surface area contributed by atoms with Crippen LogP contribution in [0.15, 0.2) is 5.16 Å². The SMILES string of the molecule is COc1nc(C/C=N\OC(C)=O)c([N+](=O)[O-])c(OC)n1. The van der Waals surface area contributed by atoms with Crippen LogP contribution in [0, 0.1) is 10.1 Å². The molecule has 10 nitrogen and oxygen atoms in total. The minimum Gasteiger partial charge on any atom is -0.476 e. The Morgan fingerprint density at radius 2 is 2.10 bits per heavy atom. The van der Waals surface area contributed by atoms with E-state index in [-0.39, 0.29) is 24.0 Å². The van der Waals surface area contributed by atoms with Gasteiger partial charge in [0.1, 0.15) is 5.69 Å². The summed E-state index contributed by atoms with van der Waals surface area (Å²) in [5, 5.41) is 14.4. The molecule has 0 fully saturated rings. The van der Waals surface area contributed by atoms with E-state index in [1.165, 1.54) is 21.1 Å². The van der Waals surface area contributed by atoms with Gasteiger partial charge in [-0.25, -0.2) is 4.79 Å². The predicted molar refractivity (Wildman–Crippen MR) is 65.8 cm³/mol. The number of carbonyl (C=O) groups is 1. The van der Waals surface area contributed by atoms with Crippen LogP contribution < -0.4 is 9.47 Å². The summed E-state index contributed by atoms with van der Waals surface area (Å²) in [5.74, 6) is -0.827. The van der Waals surface area contributed by atoms with Crippen LogP contribution >= 0.6 is 0 Å². The van der Waals surface area contributed by atoms with E-state index in [9.17, 15) is 14.9 Å². The summed E-state index contributed by atoms with van der Waals surface area (Å²) < 4.78 is 9.65. The van der Waals surface area contributed by atoms with Gasteiger partial charge in [0.05, 0.1) is 25.4 Å². The number of hydrogen-bond donors (Lipinski definition) is 0.